The molecular formula is C25H24F3NO. The van der Waals surface area contributed by atoms with Gasteiger partial charge in [-0.2, -0.15) is 13.2 Å². The summed E-state index contributed by atoms with van der Waals surface area (Å²) in [5.74, 6) is 0. The lowest BCUT2D eigenvalue weighted by molar-refractivity contribution is -0.137. The third-order valence-electron chi connectivity index (χ3n) is 5.10. The molecule has 1 heterocycles. The number of hydrogen-bond acceptors (Lipinski definition) is 2. The largest absolute Gasteiger partial charge is 0.416 e. The number of benzene rings is 2. The van der Waals surface area contributed by atoms with Crippen LogP contribution in [0.15, 0.2) is 66.9 Å². The summed E-state index contributed by atoms with van der Waals surface area (Å²) < 4.78 is 39.8. The molecule has 156 valence electrons. The molecule has 0 aliphatic heterocycles. The van der Waals surface area contributed by atoms with Crippen molar-refractivity contribution in [2.75, 3.05) is 0 Å². The van der Waals surface area contributed by atoms with Gasteiger partial charge < -0.3 is 5.11 Å². The smallest absolute Gasteiger partial charge is 0.392 e. The standard InChI is InChI=1S/C25H24F3NO/c1-3-19(14-17-7-5-8-18(13-17)16-30)24-22(11-12-29-23(24)4-2)20-9-6-10-21(15-20)25(26,27)28/h3,5-13,15,30H,4,14,16H2,1-2H3/b19-3-. The lowest BCUT2D eigenvalue weighted by Crippen LogP contribution is -2.06. The molecule has 0 saturated heterocycles. The molecule has 0 aliphatic carbocycles. The number of nitrogens with zero attached hydrogens (tertiary/aromatic N) is 1. The fourth-order valence-corrected chi connectivity index (χ4v) is 3.63. The van der Waals surface area contributed by atoms with E-state index in [9.17, 15) is 18.3 Å². The summed E-state index contributed by atoms with van der Waals surface area (Å²) in [5.41, 5.74) is 5.13. The molecule has 1 N–H and O–H groups in total. The highest BCUT2D eigenvalue weighted by Gasteiger charge is 2.30. The number of rotatable bonds is 6. The van der Waals surface area contributed by atoms with Gasteiger partial charge in [0.05, 0.1) is 12.2 Å². The van der Waals surface area contributed by atoms with Crippen molar-refractivity contribution < 1.29 is 18.3 Å². The van der Waals surface area contributed by atoms with Crippen LogP contribution in [0.25, 0.3) is 16.7 Å². The number of halogens is 3. The van der Waals surface area contributed by atoms with Crippen molar-refractivity contribution in [2.45, 2.75) is 39.5 Å². The number of allylic oxidation sites excluding steroid dienone is 2. The van der Waals surface area contributed by atoms with Gasteiger partial charge in [0.2, 0.25) is 0 Å². The number of pyridine rings is 1. The number of aromatic nitrogens is 1. The van der Waals surface area contributed by atoms with Crippen molar-refractivity contribution in [2.24, 2.45) is 0 Å². The Morgan fingerprint density at radius 1 is 1.03 bits per heavy atom. The molecule has 0 atom stereocenters. The second-order valence-corrected chi connectivity index (χ2v) is 7.08. The monoisotopic (exact) mass is 411 g/mol. The second-order valence-electron chi connectivity index (χ2n) is 7.08. The Balaban J connectivity index is 2.12. The Hall–Kier alpha value is -2.92. The van der Waals surface area contributed by atoms with Crippen molar-refractivity contribution >= 4 is 5.57 Å². The molecular weight excluding hydrogens is 387 g/mol. The molecule has 0 unspecified atom stereocenters. The van der Waals surface area contributed by atoms with Gasteiger partial charge in [0, 0.05) is 17.5 Å². The fraction of sp³-hybridized carbons (Fsp3) is 0.240. The summed E-state index contributed by atoms with van der Waals surface area (Å²) in [6.07, 6.45) is 0.493. The molecule has 0 bridgehead atoms. The van der Waals surface area contributed by atoms with E-state index in [0.29, 0.717) is 18.4 Å². The Bertz CT molecular complexity index is 1050. The first-order chi connectivity index (χ1) is 14.4. The summed E-state index contributed by atoms with van der Waals surface area (Å²) in [7, 11) is 0. The predicted molar refractivity (Wildman–Crippen MR) is 114 cm³/mol. The van der Waals surface area contributed by atoms with Gasteiger partial charge in [0.1, 0.15) is 0 Å². The maximum atomic E-state index is 13.3. The number of aliphatic hydroxyl groups excluding tert-OH is 1. The van der Waals surface area contributed by atoms with Crippen molar-refractivity contribution in [1.82, 2.24) is 4.98 Å². The zero-order valence-corrected chi connectivity index (χ0v) is 17.0. The topological polar surface area (TPSA) is 33.1 Å². The van der Waals surface area contributed by atoms with E-state index in [0.717, 1.165) is 39.6 Å². The average Bonchev–Trinajstić information content (AvgIpc) is 2.76. The lowest BCUT2D eigenvalue weighted by atomic mass is 9.88. The molecule has 5 heteroatoms. The predicted octanol–water partition coefficient (Wildman–Crippen LogP) is 6.47. The SMILES string of the molecule is C/C=C(/Cc1cccc(CO)c1)c1c(-c2cccc(C(F)(F)F)c2)ccnc1CC. The van der Waals surface area contributed by atoms with Crippen molar-refractivity contribution in [1.29, 1.82) is 0 Å². The van der Waals surface area contributed by atoms with Crippen LogP contribution in [0.1, 0.15) is 41.8 Å². The average molecular weight is 411 g/mol. The van der Waals surface area contributed by atoms with E-state index in [1.807, 2.05) is 44.2 Å². The maximum absolute atomic E-state index is 13.3. The maximum Gasteiger partial charge on any atom is 0.416 e. The van der Waals surface area contributed by atoms with E-state index in [4.69, 9.17) is 0 Å². The van der Waals surface area contributed by atoms with Gasteiger partial charge in [-0.05, 0) is 65.8 Å². The van der Waals surface area contributed by atoms with Crippen LogP contribution in [0.4, 0.5) is 13.2 Å². The first-order valence-corrected chi connectivity index (χ1v) is 9.87. The van der Waals surface area contributed by atoms with Gasteiger partial charge in [0.15, 0.2) is 0 Å². The number of aryl methyl sites for hydroxylation is 1. The summed E-state index contributed by atoms with van der Waals surface area (Å²) in [6.45, 7) is 3.87. The van der Waals surface area contributed by atoms with Crippen LogP contribution in [-0.2, 0) is 25.6 Å². The molecule has 0 fully saturated rings. The van der Waals surface area contributed by atoms with E-state index in [1.54, 1.807) is 18.3 Å². The first kappa shape index (κ1) is 21.8. The molecule has 0 radical (unpaired) electrons. The second kappa shape index (κ2) is 9.26. The van der Waals surface area contributed by atoms with Crippen LogP contribution in [0, 0.1) is 0 Å². The Labute approximate surface area is 174 Å². The van der Waals surface area contributed by atoms with E-state index in [1.165, 1.54) is 12.1 Å². The summed E-state index contributed by atoms with van der Waals surface area (Å²) in [6, 6.07) is 14.9. The van der Waals surface area contributed by atoms with Crippen molar-refractivity contribution in [3.8, 4) is 11.1 Å². The molecule has 0 spiro atoms. The van der Waals surface area contributed by atoms with Crippen LogP contribution in [-0.4, -0.2) is 10.1 Å². The highest BCUT2D eigenvalue weighted by atomic mass is 19.4. The van der Waals surface area contributed by atoms with Crippen LogP contribution < -0.4 is 0 Å². The third-order valence-corrected chi connectivity index (χ3v) is 5.10. The summed E-state index contributed by atoms with van der Waals surface area (Å²) in [4.78, 5) is 4.50. The lowest BCUT2D eigenvalue weighted by Gasteiger charge is -2.18. The van der Waals surface area contributed by atoms with Gasteiger partial charge in [0.25, 0.3) is 0 Å². The minimum Gasteiger partial charge on any atom is -0.392 e. The van der Waals surface area contributed by atoms with Crippen LogP contribution >= 0.6 is 0 Å². The molecule has 0 amide bonds. The Kier molecular flexibility index (Phi) is 6.73. The van der Waals surface area contributed by atoms with Crippen LogP contribution in [0.5, 0.6) is 0 Å². The van der Waals surface area contributed by atoms with E-state index >= 15 is 0 Å². The van der Waals surface area contributed by atoms with E-state index in [2.05, 4.69) is 4.98 Å². The molecule has 2 nitrogen and oxygen atoms in total. The van der Waals surface area contributed by atoms with Gasteiger partial charge >= 0.3 is 6.18 Å². The van der Waals surface area contributed by atoms with Crippen molar-refractivity contribution in [3.63, 3.8) is 0 Å². The number of aliphatic hydroxyl groups is 1. The summed E-state index contributed by atoms with van der Waals surface area (Å²) >= 11 is 0. The highest BCUT2D eigenvalue weighted by molar-refractivity contribution is 5.83. The van der Waals surface area contributed by atoms with Gasteiger partial charge in [-0.3, -0.25) is 4.98 Å². The van der Waals surface area contributed by atoms with Crippen molar-refractivity contribution in [3.05, 3.63) is 94.8 Å². The van der Waals surface area contributed by atoms with E-state index < -0.39 is 11.7 Å². The molecule has 1 aromatic heterocycles. The minimum atomic E-state index is -4.40. The Morgan fingerprint density at radius 2 is 1.77 bits per heavy atom. The summed E-state index contributed by atoms with van der Waals surface area (Å²) in [5, 5.41) is 9.42. The normalized spacial score (nSPS) is 12.3. The molecule has 0 aliphatic rings. The fourth-order valence-electron chi connectivity index (χ4n) is 3.63. The highest BCUT2D eigenvalue weighted by Crippen LogP contribution is 2.36. The molecule has 30 heavy (non-hydrogen) atoms. The zero-order valence-electron chi connectivity index (χ0n) is 17.0. The molecule has 2 aromatic carbocycles. The minimum absolute atomic E-state index is 0.0401. The third kappa shape index (κ3) is 4.79. The number of alkyl halides is 3. The quantitative estimate of drug-likeness (QED) is 0.504. The van der Waals surface area contributed by atoms with Crippen LogP contribution in [0.3, 0.4) is 0 Å². The zero-order chi connectivity index (χ0) is 21.7. The van der Waals surface area contributed by atoms with E-state index in [-0.39, 0.29) is 6.61 Å². The molecule has 3 rings (SSSR count). The first-order valence-electron chi connectivity index (χ1n) is 9.87. The van der Waals surface area contributed by atoms with Crippen LogP contribution in [0.2, 0.25) is 0 Å². The Morgan fingerprint density at radius 3 is 2.43 bits per heavy atom. The molecule has 3 aromatic rings. The molecule has 0 saturated carbocycles. The number of hydrogen-bond donors (Lipinski definition) is 1. The van der Waals surface area contributed by atoms with Gasteiger partial charge in [-0.1, -0.05) is 49.4 Å². The van der Waals surface area contributed by atoms with Gasteiger partial charge in [-0.25, -0.2) is 0 Å². The van der Waals surface area contributed by atoms with Gasteiger partial charge in [-0.15, -0.1) is 0 Å².